The van der Waals surface area contributed by atoms with Crippen molar-refractivity contribution in [3.63, 3.8) is 0 Å². The zero-order valence-electron chi connectivity index (χ0n) is 12.6. The lowest BCUT2D eigenvalue weighted by atomic mass is 9.97. The molecule has 0 aliphatic heterocycles. The van der Waals surface area contributed by atoms with Gasteiger partial charge in [-0.05, 0) is 23.1 Å². The van der Waals surface area contributed by atoms with E-state index in [4.69, 9.17) is 16.3 Å². The Morgan fingerprint density at radius 2 is 1.90 bits per heavy atom. The smallest absolute Gasteiger partial charge is 0.246 e. The van der Waals surface area contributed by atoms with E-state index in [9.17, 15) is 8.42 Å². The van der Waals surface area contributed by atoms with Crippen molar-refractivity contribution in [2.45, 2.75) is 31.5 Å². The van der Waals surface area contributed by atoms with Gasteiger partial charge < -0.3 is 4.74 Å². The Kier molecular flexibility index (Phi) is 5.46. The molecule has 0 bridgehead atoms. The summed E-state index contributed by atoms with van der Waals surface area (Å²) in [5.74, 6) is 0.592. The SMILES string of the molecule is COc1ccc(CCl)cc1S(=O)(=O)N(C)CC(C)(C)C. The molecule has 0 aliphatic rings. The molecule has 0 saturated heterocycles. The van der Waals surface area contributed by atoms with E-state index in [1.54, 1.807) is 25.2 Å². The van der Waals surface area contributed by atoms with Gasteiger partial charge in [0.25, 0.3) is 0 Å². The number of hydrogen-bond acceptors (Lipinski definition) is 3. The van der Waals surface area contributed by atoms with Crippen LogP contribution in [-0.4, -0.2) is 33.4 Å². The molecule has 1 aromatic carbocycles. The standard InChI is InChI=1S/C14H22ClNO3S/c1-14(2,3)10-16(4)20(17,18)13-8-11(9-15)6-7-12(13)19-5/h6-8H,9-10H2,1-5H3. The minimum absolute atomic E-state index is 0.126. The summed E-state index contributed by atoms with van der Waals surface area (Å²) in [5.41, 5.74) is 0.620. The highest BCUT2D eigenvalue weighted by atomic mass is 35.5. The van der Waals surface area contributed by atoms with Crippen LogP contribution in [0.3, 0.4) is 0 Å². The summed E-state index contributed by atoms with van der Waals surface area (Å²) in [6, 6.07) is 4.96. The first kappa shape index (κ1) is 17.3. The summed E-state index contributed by atoms with van der Waals surface area (Å²) in [7, 11) is -0.564. The van der Waals surface area contributed by atoms with Gasteiger partial charge in [-0.15, -0.1) is 11.6 Å². The molecule has 0 heterocycles. The summed E-state index contributed by atoms with van der Waals surface area (Å²) in [6.07, 6.45) is 0. The predicted octanol–water partition coefficient (Wildman–Crippen LogP) is 3.10. The maximum Gasteiger partial charge on any atom is 0.246 e. The Bertz CT molecular complexity index is 564. The van der Waals surface area contributed by atoms with Crippen LogP contribution in [0.5, 0.6) is 5.75 Å². The second kappa shape index (κ2) is 6.33. The van der Waals surface area contributed by atoms with E-state index in [1.165, 1.54) is 11.4 Å². The molecule has 1 aromatic rings. The lowest BCUT2D eigenvalue weighted by molar-refractivity contribution is 0.309. The fourth-order valence-electron chi connectivity index (χ4n) is 1.93. The zero-order valence-corrected chi connectivity index (χ0v) is 14.2. The lowest BCUT2D eigenvalue weighted by Gasteiger charge is -2.26. The van der Waals surface area contributed by atoms with Gasteiger partial charge in [-0.2, -0.15) is 0 Å². The molecule has 0 N–H and O–H groups in total. The molecule has 0 saturated carbocycles. The quantitative estimate of drug-likeness (QED) is 0.783. The molecule has 0 atom stereocenters. The first-order chi connectivity index (χ1) is 9.11. The number of rotatable bonds is 5. The molecule has 4 nitrogen and oxygen atoms in total. The summed E-state index contributed by atoms with van der Waals surface area (Å²) < 4.78 is 31.8. The first-order valence-electron chi connectivity index (χ1n) is 6.31. The first-order valence-corrected chi connectivity index (χ1v) is 8.28. The summed E-state index contributed by atoms with van der Waals surface area (Å²) in [5, 5.41) is 0. The third-order valence-electron chi connectivity index (χ3n) is 2.77. The minimum Gasteiger partial charge on any atom is -0.495 e. The molecule has 0 fully saturated rings. The van der Waals surface area contributed by atoms with Gasteiger partial charge in [0.05, 0.1) is 7.11 Å². The maximum absolute atomic E-state index is 12.7. The largest absolute Gasteiger partial charge is 0.495 e. The normalized spacial score (nSPS) is 12.8. The minimum atomic E-state index is -3.60. The average molecular weight is 320 g/mol. The molecule has 0 radical (unpaired) electrons. The van der Waals surface area contributed by atoms with Crippen LogP contribution in [0.2, 0.25) is 0 Å². The van der Waals surface area contributed by atoms with E-state index in [1.807, 2.05) is 20.8 Å². The monoisotopic (exact) mass is 319 g/mol. The van der Waals surface area contributed by atoms with Crippen molar-refractivity contribution in [3.8, 4) is 5.75 Å². The molecule has 0 amide bonds. The highest BCUT2D eigenvalue weighted by molar-refractivity contribution is 7.89. The molecule has 6 heteroatoms. The fraction of sp³-hybridized carbons (Fsp3) is 0.571. The number of alkyl halides is 1. The topological polar surface area (TPSA) is 46.6 Å². The van der Waals surface area contributed by atoms with Crippen molar-refractivity contribution in [1.82, 2.24) is 4.31 Å². The molecular weight excluding hydrogens is 298 g/mol. The second-order valence-electron chi connectivity index (χ2n) is 5.94. The molecule has 0 spiro atoms. The van der Waals surface area contributed by atoms with E-state index in [0.29, 0.717) is 12.3 Å². The highest BCUT2D eigenvalue weighted by Crippen LogP contribution is 2.29. The fourth-order valence-corrected chi connectivity index (χ4v) is 3.69. The van der Waals surface area contributed by atoms with Gasteiger partial charge in [0.15, 0.2) is 0 Å². The molecule has 1 rings (SSSR count). The van der Waals surface area contributed by atoms with Crippen molar-refractivity contribution in [3.05, 3.63) is 23.8 Å². The molecule has 114 valence electrons. The summed E-state index contributed by atoms with van der Waals surface area (Å²) in [6.45, 7) is 6.39. The molecule has 20 heavy (non-hydrogen) atoms. The van der Waals surface area contributed by atoms with E-state index >= 15 is 0 Å². The third-order valence-corrected chi connectivity index (χ3v) is 4.90. The Morgan fingerprint density at radius 1 is 1.30 bits per heavy atom. The second-order valence-corrected chi connectivity index (χ2v) is 8.22. The number of nitrogens with zero attached hydrogens (tertiary/aromatic N) is 1. The Morgan fingerprint density at radius 3 is 2.35 bits per heavy atom. The van der Waals surface area contributed by atoms with Gasteiger partial charge in [0.2, 0.25) is 10.0 Å². The van der Waals surface area contributed by atoms with Gasteiger partial charge in [-0.1, -0.05) is 26.8 Å². The van der Waals surface area contributed by atoms with Crippen LogP contribution in [0.4, 0.5) is 0 Å². The van der Waals surface area contributed by atoms with Gasteiger partial charge >= 0.3 is 0 Å². The van der Waals surface area contributed by atoms with E-state index < -0.39 is 10.0 Å². The van der Waals surface area contributed by atoms with Crippen molar-refractivity contribution in [1.29, 1.82) is 0 Å². The predicted molar refractivity (Wildman–Crippen MR) is 81.8 cm³/mol. The van der Waals surface area contributed by atoms with Crippen LogP contribution in [0.15, 0.2) is 23.1 Å². The lowest BCUT2D eigenvalue weighted by Crippen LogP contribution is -2.34. The number of benzene rings is 1. The van der Waals surface area contributed by atoms with Crippen LogP contribution >= 0.6 is 11.6 Å². The molecule has 0 aromatic heterocycles. The van der Waals surface area contributed by atoms with Gasteiger partial charge in [0, 0.05) is 19.5 Å². The number of sulfonamides is 1. The van der Waals surface area contributed by atoms with Gasteiger partial charge in [-0.25, -0.2) is 12.7 Å². The van der Waals surface area contributed by atoms with Crippen LogP contribution in [-0.2, 0) is 15.9 Å². The average Bonchev–Trinajstić information content (AvgIpc) is 2.35. The molecule has 0 aliphatic carbocycles. The number of ether oxygens (including phenoxy) is 1. The Balaban J connectivity index is 3.26. The summed E-state index contributed by atoms with van der Waals surface area (Å²) >= 11 is 5.78. The van der Waals surface area contributed by atoms with Crippen LogP contribution < -0.4 is 4.74 Å². The Hall–Kier alpha value is -0.780. The number of methoxy groups -OCH3 is 1. The van der Waals surface area contributed by atoms with Gasteiger partial charge in [-0.3, -0.25) is 0 Å². The highest BCUT2D eigenvalue weighted by Gasteiger charge is 2.28. The van der Waals surface area contributed by atoms with E-state index in [0.717, 1.165) is 5.56 Å². The van der Waals surface area contributed by atoms with Crippen molar-refractivity contribution < 1.29 is 13.2 Å². The molecule has 0 unspecified atom stereocenters. The summed E-state index contributed by atoms with van der Waals surface area (Å²) in [4.78, 5) is 0.157. The molecular formula is C14H22ClNO3S. The van der Waals surface area contributed by atoms with Crippen molar-refractivity contribution in [2.24, 2.45) is 5.41 Å². The van der Waals surface area contributed by atoms with Gasteiger partial charge in [0.1, 0.15) is 10.6 Å². The van der Waals surface area contributed by atoms with Crippen molar-refractivity contribution >= 4 is 21.6 Å². The number of halogens is 1. The third kappa shape index (κ3) is 4.11. The zero-order chi connectivity index (χ0) is 15.6. The van der Waals surface area contributed by atoms with Crippen LogP contribution in [0.25, 0.3) is 0 Å². The Labute approximate surface area is 126 Å². The van der Waals surface area contributed by atoms with E-state index in [-0.39, 0.29) is 16.2 Å². The van der Waals surface area contributed by atoms with Crippen LogP contribution in [0, 0.1) is 5.41 Å². The van der Waals surface area contributed by atoms with Crippen LogP contribution in [0.1, 0.15) is 26.3 Å². The maximum atomic E-state index is 12.7. The van der Waals surface area contributed by atoms with E-state index in [2.05, 4.69) is 0 Å². The number of hydrogen-bond donors (Lipinski definition) is 0. The van der Waals surface area contributed by atoms with Crippen molar-refractivity contribution in [2.75, 3.05) is 20.7 Å².